The Morgan fingerprint density at radius 2 is 2.50 bits per heavy atom. The van der Waals surface area contributed by atoms with E-state index >= 15 is 0 Å². The van der Waals surface area contributed by atoms with Crippen LogP contribution in [0.3, 0.4) is 0 Å². The van der Waals surface area contributed by atoms with Crippen molar-refractivity contribution in [3.63, 3.8) is 0 Å². The highest BCUT2D eigenvalue weighted by Crippen LogP contribution is 2.22. The summed E-state index contributed by atoms with van der Waals surface area (Å²) in [6.45, 7) is 2.27. The van der Waals surface area contributed by atoms with Crippen molar-refractivity contribution in [1.82, 2.24) is 5.32 Å². The summed E-state index contributed by atoms with van der Waals surface area (Å²) in [6.07, 6.45) is 2.72. The molecule has 0 amide bonds. The van der Waals surface area contributed by atoms with Crippen molar-refractivity contribution in [3.8, 4) is 0 Å². The molecule has 1 aromatic rings. The van der Waals surface area contributed by atoms with Gasteiger partial charge >= 0.3 is 0 Å². The first kappa shape index (κ1) is 10.5. The molecule has 2 atom stereocenters. The van der Waals surface area contributed by atoms with Gasteiger partial charge in [-0.25, -0.2) is 0 Å². The molecule has 0 saturated carbocycles. The number of thioether (sulfide) groups is 1. The minimum absolute atomic E-state index is 0.527. The second-order valence-electron chi connectivity index (χ2n) is 3.82. The minimum Gasteiger partial charge on any atom is -0.306 e. The van der Waals surface area contributed by atoms with Gasteiger partial charge in [-0.15, -0.1) is 11.3 Å². The lowest BCUT2D eigenvalue weighted by atomic mass is 10.1. The van der Waals surface area contributed by atoms with Gasteiger partial charge in [-0.3, -0.25) is 0 Å². The van der Waals surface area contributed by atoms with Gasteiger partial charge in [-0.05, 0) is 37.0 Å². The van der Waals surface area contributed by atoms with Crippen LogP contribution in [0.5, 0.6) is 0 Å². The largest absolute Gasteiger partial charge is 0.306 e. The van der Waals surface area contributed by atoms with Crippen LogP contribution in [0, 0.1) is 0 Å². The molecule has 1 aliphatic rings. The van der Waals surface area contributed by atoms with Crippen molar-refractivity contribution < 1.29 is 0 Å². The van der Waals surface area contributed by atoms with Gasteiger partial charge in [0.25, 0.3) is 0 Å². The van der Waals surface area contributed by atoms with Gasteiger partial charge in [0.1, 0.15) is 0 Å². The molecular formula is C11H17NS2. The molecular weight excluding hydrogens is 210 g/mol. The molecule has 1 fully saturated rings. The Bertz CT molecular complexity index is 252. The van der Waals surface area contributed by atoms with Crippen molar-refractivity contribution in [2.24, 2.45) is 0 Å². The SMILES string of the molecule is CC(NC1CCCSC1)c1cccs1. The third-order valence-corrected chi connectivity index (χ3v) is 4.89. The fraction of sp³-hybridized carbons (Fsp3) is 0.636. The highest BCUT2D eigenvalue weighted by Gasteiger charge is 2.16. The summed E-state index contributed by atoms with van der Waals surface area (Å²) in [5.41, 5.74) is 0. The van der Waals surface area contributed by atoms with E-state index in [-0.39, 0.29) is 0 Å². The number of hydrogen-bond donors (Lipinski definition) is 1. The van der Waals surface area contributed by atoms with Crippen molar-refractivity contribution in [2.45, 2.75) is 31.8 Å². The molecule has 0 bridgehead atoms. The second kappa shape index (κ2) is 5.19. The van der Waals surface area contributed by atoms with Gasteiger partial charge in [0.2, 0.25) is 0 Å². The lowest BCUT2D eigenvalue weighted by molar-refractivity contribution is 0.456. The Morgan fingerprint density at radius 3 is 3.14 bits per heavy atom. The van der Waals surface area contributed by atoms with Crippen LogP contribution in [0.1, 0.15) is 30.7 Å². The van der Waals surface area contributed by atoms with Crippen molar-refractivity contribution in [3.05, 3.63) is 22.4 Å². The van der Waals surface area contributed by atoms with Crippen molar-refractivity contribution in [2.75, 3.05) is 11.5 Å². The molecule has 2 heterocycles. The fourth-order valence-corrected chi connectivity index (χ4v) is 3.67. The van der Waals surface area contributed by atoms with Crippen molar-refractivity contribution in [1.29, 1.82) is 0 Å². The molecule has 78 valence electrons. The van der Waals surface area contributed by atoms with Crippen LogP contribution in [-0.4, -0.2) is 17.5 Å². The number of rotatable bonds is 3. The molecule has 0 aliphatic carbocycles. The average Bonchev–Trinajstić information content (AvgIpc) is 2.72. The monoisotopic (exact) mass is 227 g/mol. The Balaban J connectivity index is 1.84. The molecule has 2 rings (SSSR count). The summed E-state index contributed by atoms with van der Waals surface area (Å²) in [6, 6.07) is 5.61. The van der Waals surface area contributed by atoms with Gasteiger partial charge in [-0.2, -0.15) is 11.8 Å². The van der Waals surface area contributed by atoms with E-state index in [1.165, 1.54) is 29.2 Å². The topological polar surface area (TPSA) is 12.0 Å². The third kappa shape index (κ3) is 2.75. The smallest absolute Gasteiger partial charge is 0.0388 e. The van der Waals surface area contributed by atoms with E-state index in [1.54, 1.807) is 0 Å². The number of hydrogen-bond acceptors (Lipinski definition) is 3. The molecule has 0 spiro atoms. The van der Waals surface area contributed by atoms with E-state index in [1.807, 2.05) is 11.3 Å². The summed E-state index contributed by atoms with van der Waals surface area (Å²) in [5.74, 6) is 2.64. The first-order valence-electron chi connectivity index (χ1n) is 5.23. The molecule has 1 aliphatic heterocycles. The Labute approximate surface area is 94.3 Å². The van der Waals surface area contributed by atoms with Crippen LogP contribution in [0.2, 0.25) is 0 Å². The zero-order valence-electron chi connectivity index (χ0n) is 8.53. The standard InChI is InChI=1S/C11H17NS2/c1-9(11-5-3-7-14-11)12-10-4-2-6-13-8-10/h3,5,7,9-10,12H,2,4,6,8H2,1H3. The summed E-state index contributed by atoms with van der Waals surface area (Å²) in [4.78, 5) is 1.46. The molecule has 1 aromatic heterocycles. The Kier molecular flexibility index (Phi) is 3.90. The summed E-state index contributed by atoms with van der Waals surface area (Å²) in [5, 5.41) is 5.87. The van der Waals surface area contributed by atoms with Gasteiger partial charge in [0, 0.05) is 22.7 Å². The Hall–Kier alpha value is 0.01000. The molecule has 1 nitrogen and oxygen atoms in total. The summed E-state index contributed by atoms with van der Waals surface area (Å²) in [7, 11) is 0. The number of nitrogens with one attached hydrogen (secondary N) is 1. The maximum Gasteiger partial charge on any atom is 0.0388 e. The molecule has 0 aromatic carbocycles. The van der Waals surface area contributed by atoms with E-state index < -0.39 is 0 Å². The first-order chi connectivity index (χ1) is 6.86. The van der Waals surface area contributed by atoms with Gasteiger partial charge < -0.3 is 5.32 Å². The average molecular weight is 227 g/mol. The van der Waals surface area contributed by atoms with Crippen LogP contribution in [-0.2, 0) is 0 Å². The third-order valence-electron chi connectivity index (χ3n) is 2.62. The molecule has 0 radical (unpaired) electrons. The van der Waals surface area contributed by atoms with Crippen LogP contribution < -0.4 is 5.32 Å². The van der Waals surface area contributed by atoms with E-state index in [0.29, 0.717) is 6.04 Å². The zero-order valence-corrected chi connectivity index (χ0v) is 10.2. The van der Waals surface area contributed by atoms with E-state index in [2.05, 4.69) is 41.5 Å². The van der Waals surface area contributed by atoms with Gasteiger partial charge in [-0.1, -0.05) is 6.07 Å². The van der Waals surface area contributed by atoms with Gasteiger partial charge in [0.05, 0.1) is 0 Å². The van der Waals surface area contributed by atoms with E-state index in [0.717, 1.165) is 6.04 Å². The fourth-order valence-electron chi connectivity index (χ4n) is 1.85. The van der Waals surface area contributed by atoms with Crippen LogP contribution in [0.15, 0.2) is 17.5 Å². The summed E-state index contributed by atoms with van der Waals surface area (Å²) < 4.78 is 0. The first-order valence-corrected chi connectivity index (χ1v) is 7.27. The maximum absolute atomic E-state index is 3.71. The van der Waals surface area contributed by atoms with Crippen LogP contribution in [0.4, 0.5) is 0 Å². The lowest BCUT2D eigenvalue weighted by Crippen LogP contribution is -2.35. The van der Waals surface area contributed by atoms with E-state index in [4.69, 9.17) is 0 Å². The second-order valence-corrected chi connectivity index (χ2v) is 5.95. The molecule has 1 saturated heterocycles. The summed E-state index contributed by atoms with van der Waals surface area (Å²) >= 11 is 3.93. The molecule has 14 heavy (non-hydrogen) atoms. The predicted molar refractivity (Wildman–Crippen MR) is 66.2 cm³/mol. The lowest BCUT2D eigenvalue weighted by Gasteiger charge is -2.25. The molecule has 2 unspecified atom stereocenters. The Morgan fingerprint density at radius 1 is 1.57 bits per heavy atom. The highest BCUT2D eigenvalue weighted by atomic mass is 32.2. The number of thiophene rings is 1. The van der Waals surface area contributed by atoms with Crippen LogP contribution >= 0.6 is 23.1 Å². The molecule has 1 N–H and O–H groups in total. The quantitative estimate of drug-likeness (QED) is 0.850. The predicted octanol–water partition coefficient (Wildman–Crippen LogP) is 3.29. The minimum atomic E-state index is 0.527. The highest BCUT2D eigenvalue weighted by molar-refractivity contribution is 7.99. The maximum atomic E-state index is 3.71. The van der Waals surface area contributed by atoms with Crippen LogP contribution in [0.25, 0.3) is 0 Å². The van der Waals surface area contributed by atoms with E-state index in [9.17, 15) is 0 Å². The van der Waals surface area contributed by atoms with Gasteiger partial charge in [0.15, 0.2) is 0 Å². The normalized spacial score (nSPS) is 24.8. The zero-order chi connectivity index (χ0) is 9.80. The molecule has 3 heteroatoms. The van der Waals surface area contributed by atoms with Crippen molar-refractivity contribution >= 4 is 23.1 Å².